The number of rotatable bonds is 4. The van der Waals surface area contributed by atoms with Crippen LogP contribution in [0.1, 0.15) is 0 Å². The minimum atomic E-state index is -1.65. The zero-order valence-electron chi connectivity index (χ0n) is 12.5. The molecule has 0 saturated heterocycles. The second-order valence-corrected chi connectivity index (χ2v) is 16.9. The van der Waals surface area contributed by atoms with Crippen molar-refractivity contribution in [1.82, 2.24) is 18.7 Å². The topological polar surface area (TPSA) is 13.0 Å². The van der Waals surface area contributed by atoms with Crippen LogP contribution in [0, 0.1) is 11.3 Å². The van der Waals surface area contributed by atoms with Crippen molar-refractivity contribution in [2.45, 2.75) is 0 Å². The van der Waals surface area contributed by atoms with Gasteiger partial charge in [0.25, 0.3) is 0 Å². The summed E-state index contributed by atoms with van der Waals surface area (Å²) in [6, 6.07) is 0. The van der Waals surface area contributed by atoms with Crippen LogP contribution in [0.4, 0.5) is 0 Å². The van der Waals surface area contributed by atoms with Crippen LogP contribution in [0.25, 0.3) is 0 Å². The van der Waals surface area contributed by atoms with Gasteiger partial charge < -0.3 is 0 Å². The van der Waals surface area contributed by atoms with E-state index in [9.17, 15) is 0 Å². The molecule has 4 nitrogen and oxygen atoms in total. The number of hydrogen-bond donors (Lipinski definition) is 0. The summed E-state index contributed by atoms with van der Waals surface area (Å²) in [5.41, 5.74) is 6.98. The van der Waals surface area contributed by atoms with E-state index in [-0.39, 0.29) is 0 Å². The SMILES string of the molecule is CN(C)P(=[Se])(C#CP(=[Se])(N(C)C)N(C)C)N(C)C. The molecule has 0 saturated carbocycles. The molecular weight excluding hydrogens is 396 g/mol. The first-order chi connectivity index (χ1) is 7.98. The first kappa shape index (κ1) is 19.3. The molecule has 0 N–H and O–H groups in total. The van der Waals surface area contributed by atoms with Gasteiger partial charge in [-0.1, -0.05) is 0 Å². The van der Waals surface area contributed by atoms with Gasteiger partial charge in [0, 0.05) is 0 Å². The molecule has 0 aliphatic carbocycles. The molecule has 0 aliphatic heterocycles. The predicted molar refractivity (Wildman–Crippen MR) is 87.9 cm³/mol. The standard InChI is InChI=1S/C10H24N4P2Se2/c1-11(2)15(17,12(3)4)9-10-16(18,13(5)6)14(7)8/h1-8H3. The van der Waals surface area contributed by atoms with Crippen LogP contribution in [0.15, 0.2) is 0 Å². The second-order valence-electron chi connectivity index (χ2n) is 4.70. The third-order valence-electron chi connectivity index (χ3n) is 2.51. The molecule has 106 valence electrons. The Hall–Kier alpha value is 1.30. The molecule has 0 amide bonds. The second kappa shape index (κ2) is 7.35. The molecule has 0 fully saturated rings. The van der Waals surface area contributed by atoms with E-state index in [1.54, 1.807) is 0 Å². The minimum absolute atomic E-state index is 1.65. The van der Waals surface area contributed by atoms with E-state index in [1.807, 2.05) is 0 Å². The van der Waals surface area contributed by atoms with Crippen molar-refractivity contribution in [3.8, 4) is 11.3 Å². The van der Waals surface area contributed by atoms with E-state index in [4.69, 9.17) is 0 Å². The van der Waals surface area contributed by atoms with E-state index in [1.165, 1.54) is 0 Å². The van der Waals surface area contributed by atoms with Crippen molar-refractivity contribution < 1.29 is 0 Å². The first-order valence-corrected chi connectivity index (χ1v) is 13.3. The van der Waals surface area contributed by atoms with Gasteiger partial charge in [0.15, 0.2) is 0 Å². The fraction of sp³-hybridized carbons (Fsp3) is 0.800. The molecule has 0 rings (SSSR count). The maximum absolute atomic E-state index is 3.49. The van der Waals surface area contributed by atoms with Gasteiger partial charge in [0.1, 0.15) is 0 Å². The zero-order chi connectivity index (χ0) is 14.7. The molecule has 0 aromatic rings. The summed E-state index contributed by atoms with van der Waals surface area (Å²) in [6.07, 6.45) is 0. The van der Waals surface area contributed by atoms with Crippen molar-refractivity contribution in [3.63, 3.8) is 0 Å². The van der Waals surface area contributed by atoms with E-state index >= 15 is 0 Å². The van der Waals surface area contributed by atoms with Gasteiger partial charge in [0.2, 0.25) is 0 Å². The van der Waals surface area contributed by atoms with Gasteiger partial charge in [-0.05, 0) is 0 Å². The molecule has 0 aliphatic rings. The van der Waals surface area contributed by atoms with Crippen LogP contribution < -0.4 is 0 Å². The summed E-state index contributed by atoms with van der Waals surface area (Å²) < 4.78 is 8.76. The third kappa shape index (κ3) is 4.41. The normalized spacial score (nSPS) is 13.3. The molecule has 0 aromatic carbocycles. The zero-order valence-corrected chi connectivity index (χ0v) is 17.7. The Bertz CT molecular complexity index is 373. The summed E-state index contributed by atoms with van der Waals surface area (Å²) in [6.45, 7) is 0. The fourth-order valence-electron chi connectivity index (χ4n) is 1.25. The number of nitrogens with zero attached hydrogens (tertiary/aromatic N) is 4. The van der Waals surface area contributed by atoms with Crippen LogP contribution in [0.5, 0.6) is 0 Å². The molecule has 18 heavy (non-hydrogen) atoms. The van der Waals surface area contributed by atoms with Crippen molar-refractivity contribution in [3.05, 3.63) is 0 Å². The number of hydrogen-bond acceptors (Lipinski definition) is 4. The molecule has 0 spiro atoms. The maximum atomic E-state index is 3.49. The molecule has 0 heterocycles. The molecule has 0 bridgehead atoms. The van der Waals surface area contributed by atoms with Crippen molar-refractivity contribution in [2.75, 3.05) is 56.4 Å². The summed E-state index contributed by atoms with van der Waals surface area (Å²) >= 11 is 6.59. The van der Waals surface area contributed by atoms with E-state index in [0.717, 1.165) is 0 Å². The summed E-state index contributed by atoms with van der Waals surface area (Å²) in [4.78, 5) is 0. The molecule has 0 atom stereocenters. The van der Waals surface area contributed by atoms with E-state index in [2.05, 4.69) is 117 Å². The van der Waals surface area contributed by atoms with Crippen molar-refractivity contribution >= 4 is 41.8 Å². The van der Waals surface area contributed by atoms with Gasteiger partial charge in [-0.2, -0.15) is 0 Å². The van der Waals surface area contributed by atoms with Crippen LogP contribution >= 0.6 is 11.6 Å². The van der Waals surface area contributed by atoms with E-state index < -0.39 is 11.6 Å². The van der Waals surface area contributed by atoms with Gasteiger partial charge >= 0.3 is 128 Å². The molecule has 0 radical (unpaired) electrons. The Kier molecular flexibility index (Phi) is 7.88. The van der Waals surface area contributed by atoms with E-state index in [0.29, 0.717) is 0 Å². The average molecular weight is 420 g/mol. The summed E-state index contributed by atoms with van der Waals surface area (Å²) in [5, 5.41) is 0. The molecule has 8 heteroatoms. The Morgan fingerprint density at radius 2 is 0.722 bits per heavy atom. The van der Waals surface area contributed by atoms with Crippen LogP contribution in [0.3, 0.4) is 0 Å². The summed E-state index contributed by atoms with van der Waals surface area (Å²) in [7, 11) is 16.6. The Balaban J connectivity index is 5.64. The third-order valence-corrected chi connectivity index (χ3v) is 17.2. The van der Waals surface area contributed by atoms with Crippen molar-refractivity contribution in [1.29, 1.82) is 0 Å². The predicted octanol–water partition coefficient (Wildman–Crippen LogP) is 1.01. The van der Waals surface area contributed by atoms with Crippen LogP contribution in [-0.4, -0.2) is 105 Å². The summed E-state index contributed by atoms with van der Waals surface area (Å²) in [5.74, 6) is -3.31. The molecular formula is C10H24N4P2Se2. The van der Waals surface area contributed by atoms with Crippen LogP contribution in [-0.2, 0) is 0 Å². The van der Waals surface area contributed by atoms with Gasteiger partial charge in [-0.3, -0.25) is 0 Å². The fourth-order valence-corrected chi connectivity index (χ4v) is 6.06. The monoisotopic (exact) mass is 422 g/mol. The van der Waals surface area contributed by atoms with Crippen LogP contribution in [0.2, 0.25) is 0 Å². The van der Waals surface area contributed by atoms with Gasteiger partial charge in [0.05, 0.1) is 0 Å². The Morgan fingerprint density at radius 1 is 0.556 bits per heavy atom. The Morgan fingerprint density at radius 3 is 0.833 bits per heavy atom. The van der Waals surface area contributed by atoms with Gasteiger partial charge in [-0.25, -0.2) is 0 Å². The average Bonchev–Trinajstić information content (AvgIpc) is 2.23. The quantitative estimate of drug-likeness (QED) is 0.383. The molecule has 0 unspecified atom stereocenters. The molecule has 0 aromatic heterocycles. The first-order valence-electron chi connectivity index (χ1n) is 5.44. The van der Waals surface area contributed by atoms with Crippen molar-refractivity contribution in [2.24, 2.45) is 0 Å². The Labute approximate surface area is 128 Å². The van der Waals surface area contributed by atoms with Gasteiger partial charge in [-0.15, -0.1) is 0 Å².